The Bertz CT molecular complexity index is 379. The first-order valence-electron chi connectivity index (χ1n) is 5.12. The number of thiophene rings is 1. The van der Waals surface area contributed by atoms with Crippen LogP contribution in [0.5, 0.6) is 0 Å². The van der Waals surface area contributed by atoms with Crippen LogP contribution in [0.3, 0.4) is 0 Å². The van der Waals surface area contributed by atoms with Crippen LogP contribution in [0.4, 0.5) is 0 Å². The average molecular weight is 432 g/mol. The Hall–Kier alpha value is 0.140. The van der Waals surface area contributed by atoms with E-state index >= 15 is 0 Å². The fraction of sp³-hybridized carbons (Fsp3) is 0.500. The van der Waals surface area contributed by atoms with E-state index in [-0.39, 0.29) is 24.0 Å². The summed E-state index contributed by atoms with van der Waals surface area (Å²) in [6.45, 7) is 3.78. The molecule has 0 aromatic carbocycles. The zero-order chi connectivity index (χ0) is 11.4. The average Bonchev–Trinajstić information content (AvgIpc) is 2.73. The van der Waals surface area contributed by atoms with E-state index in [9.17, 15) is 0 Å². The zero-order valence-electron chi connectivity index (χ0n) is 9.26. The predicted molar refractivity (Wildman–Crippen MR) is 85.2 cm³/mol. The molecule has 1 aliphatic rings. The predicted octanol–water partition coefficient (Wildman–Crippen LogP) is 2.28. The van der Waals surface area contributed by atoms with Crippen molar-refractivity contribution >= 4 is 57.2 Å². The Balaban J connectivity index is 0.00000144. The van der Waals surface area contributed by atoms with Gasteiger partial charge in [0.05, 0.1) is 19.8 Å². The van der Waals surface area contributed by atoms with Crippen LogP contribution in [-0.4, -0.2) is 37.2 Å². The first kappa shape index (κ1) is 15.2. The Morgan fingerprint density at radius 2 is 2.24 bits per heavy atom. The molecule has 2 rings (SSSR count). The van der Waals surface area contributed by atoms with E-state index in [1.807, 2.05) is 11.4 Å². The van der Waals surface area contributed by atoms with Gasteiger partial charge < -0.3 is 15.4 Å². The Morgan fingerprint density at radius 3 is 2.82 bits per heavy atom. The summed E-state index contributed by atoms with van der Waals surface area (Å²) in [7, 11) is 0. The number of aliphatic imine (C=N–C) groups is 1. The number of guanidine groups is 1. The number of morpholine rings is 1. The first-order chi connectivity index (χ1) is 7.77. The minimum atomic E-state index is 0. The highest BCUT2D eigenvalue weighted by molar-refractivity contribution is 14.0. The van der Waals surface area contributed by atoms with Gasteiger partial charge in [0, 0.05) is 22.4 Å². The van der Waals surface area contributed by atoms with E-state index in [0.29, 0.717) is 12.5 Å². The maximum absolute atomic E-state index is 5.92. The molecule has 0 aliphatic carbocycles. The lowest BCUT2D eigenvalue weighted by Crippen LogP contribution is -2.44. The summed E-state index contributed by atoms with van der Waals surface area (Å²) in [6.07, 6.45) is 0. The minimum absolute atomic E-state index is 0. The highest BCUT2D eigenvalue weighted by Gasteiger charge is 2.12. The summed E-state index contributed by atoms with van der Waals surface area (Å²) in [5.74, 6) is 0.614. The fourth-order valence-electron chi connectivity index (χ4n) is 1.48. The largest absolute Gasteiger partial charge is 0.378 e. The summed E-state index contributed by atoms with van der Waals surface area (Å²) in [5, 5.41) is 2.04. The molecular formula is C10H15BrIN3OS. The molecule has 96 valence electrons. The zero-order valence-corrected chi connectivity index (χ0v) is 14.0. The maximum Gasteiger partial charge on any atom is 0.191 e. The molecule has 0 amide bonds. The van der Waals surface area contributed by atoms with Gasteiger partial charge in [-0.3, -0.25) is 0 Å². The Morgan fingerprint density at radius 1 is 1.53 bits per heavy atom. The van der Waals surface area contributed by atoms with Crippen molar-refractivity contribution in [1.29, 1.82) is 0 Å². The van der Waals surface area contributed by atoms with Crippen molar-refractivity contribution in [3.05, 3.63) is 20.8 Å². The SMILES string of the molecule is I.NC(=NCc1sccc1Br)N1CCOCC1. The number of nitrogens with zero attached hydrogens (tertiary/aromatic N) is 2. The second-order valence-corrected chi connectivity index (χ2v) is 5.32. The van der Waals surface area contributed by atoms with Gasteiger partial charge in [0.25, 0.3) is 0 Å². The number of rotatable bonds is 2. The Labute approximate surface area is 130 Å². The van der Waals surface area contributed by atoms with Crippen molar-refractivity contribution in [1.82, 2.24) is 4.90 Å². The molecule has 0 bridgehead atoms. The highest BCUT2D eigenvalue weighted by atomic mass is 127. The van der Waals surface area contributed by atoms with Crippen LogP contribution in [-0.2, 0) is 11.3 Å². The van der Waals surface area contributed by atoms with Gasteiger partial charge in [0.15, 0.2) is 5.96 Å². The number of hydrogen-bond donors (Lipinski definition) is 1. The van der Waals surface area contributed by atoms with Gasteiger partial charge in [0.2, 0.25) is 0 Å². The van der Waals surface area contributed by atoms with E-state index in [1.165, 1.54) is 4.88 Å². The number of halogens is 2. The molecule has 2 heterocycles. The quantitative estimate of drug-likeness (QED) is 0.444. The van der Waals surface area contributed by atoms with E-state index in [4.69, 9.17) is 10.5 Å². The van der Waals surface area contributed by atoms with Gasteiger partial charge in [-0.25, -0.2) is 4.99 Å². The van der Waals surface area contributed by atoms with Gasteiger partial charge in [0.1, 0.15) is 0 Å². The van der Waals surface area contributed by atoms with E-state index in [0.717, 1.165) is 30.8 Å². The molecule has 1 aromatic heterocycles. The molecule has 0 saturated carbocycles. The molecule has 1 aliphatic heterocycles. The van der Waals surface area contributed by atoms with Crippen LogP contribution >= 0.6 is 51.2 Å². The second-order valence-electron chi connectivity index (χ2n) is 3.47. The van der Waals surface area contributed by atoms with Crippen LogP contribution < -0.4 is 5.73 Å². The molecule has 0 unspecified atom stereocenters. The molecule has 0 atom stereocenters. The third-order valence-corrected chi connectivity index (χ3v) is 4.32. The van der Waals surface area contributed by atoms with Crippen molar-refractivity contribution < 1.29 is 4.74 Å². The van der Waals surface area contributed by atoms with Crippen molar-refractivity contribution in [3.63, 3.8) is 0 Å². The number of hydrogen-bond acceptors (Lipinski definition) is 3. The van der Waals surface area contributed by atoms with E-state index in [2.05, 4.69) is 25.8 Å². The monoisotopic (exact) mass is 431 g/mol. The third-order valence-electron chi connectivity index (χ3n) is 2.41. The highest BCUT2D eigenvalue weighted by Crippen LogP contribution is 2.23. The Kier molecular flexibility index (Phi) is 6.75. The van der Waals surface area contributed by atoms with Gasteiger partial charge in [-0.1, -0.05) is 0 Å². The van der Waals surface area contributed by atoms with Gasteiger partial charge in [-0.15, -0.1) is 35.3 Å². The van der Waals surface area contributed by atoms with E-state index < -0.39 is 0 Å². The first-order valence-corrected chi connectivity index (χ1v) is 6.79. The molecule has 2 N–H and O–H groups in total. The number of nitrogens with two attached hydrogens (primary N) is 1. The summed E-state index contributed by atoms with van der Waals surface area (Å²) < 4.78 is 6.37. The molecule has 17 heavy (non-hydrogen) atoms. The van der Waals surface area contributed by atoms with Gasteiger partial charge >= 0.3 is 0 Å². The van der Waals surface area contributed by atoms with Crippen molar-refractivity contribution in [3.8, 4) is 0 Å². The minimum Gasteiger partial charge on any atom is -0.378 e. The molecular weight excluding hydrogens is 417 g/mol. The lowest BCUT2D eigenvalue weighted by molar-refractivity contribution is 0.0674. The molecule has 0 spiro atoms. The van der Waals surface area contributed by atoms with Gasteiger partial charge in [-0.2, -0.15) is 0 Å². The normalized spacial score (nSPS) is 16.8. The van der Waals surface area contributed by atoms with Crippen LogP contribution in [0.25, 0.3) is 0 Å². The van der Waals surface area contributed by atoms with Crippen molar-refractivity contribution in [2.24, 2.45) is 10.7 Å². The van der Waals surface area contributed by atoms with Crippen LogP contribution in [0, 0.1) is 0 Å². The summed E-state index contributed by atoms with van der Waals surface area (Å²) in [6, 6.07) is 2.03. The lowest BCUT2D eigenvalue weighted by Gasteiger charge is -2.27. The van der Waals surface area contributed by atoms with Crippen molar-refractivity contribution in [2.45, 2.75) is 6.54 Å². The lowest BCUT2D eigenvalue weighted by atomic mass is 10.4. The molecule has 1 saturated heterocycles. The molecule has 1 fully saturated rings. The fourth-order valence-corrected chi connectivity index (χ4v) is 2.88. The maximum atomic E-state index is 5.92. The third kappa shape index (κ3) is 4.38. The number of ether oxygens (including phenoxy) is 1. The molecule has 1 aromatic rings. The molecule has 0 radical (unpaired) electrons. The standard InChI is InChI=1S/C10H14BrN3OS.HI/c11-8-1-6-16-9(8)7-13-10(12)14-2-4-15-5-3-14;/h1,6H,2-5,7H2,(H2,12,13);1H. The summed E-state index contributed by atoms with van der Waals surface area (Å²) in [5.41, 5.74) is 5.92. The summed E-state index contributed by atoms with van der Waals surface area (Å²) >= 11 is 5.16. The van der Waals surface area contributed by atoms with Crippen molar-refractivity contribution in [2.75, 3.05) is 26.3 Å². The van der Waals surface area contributed by atoms with Gasteiger partial charge in [-0.05, 0) is 27.4 Å². The topological polar surface area (TPSA) is 50.8 Å². The van der Waals surface area contributed by atoms with Crippen LogP contribution in [0.15, 0.2) is 20.9 Å². The van der Waals surface area contributed by atoms with Crippen LogP contribution in [0.2, 0.25) is 0 Å². The smallest absolute Gasteiger partial charge is 0.191 e. The molecule has 4 nitrogen and oxygen atoms in total. The molecule has 7 heteroatoms. The van der Waals surface area contributed by atoms with E-state index in [1.54, 1.807) is 11.3 Å². The summed E-state index contributed by atoms with van der Waals surface area (Å²) in [4.78, 5) is 7.66. The van der Waals surface area contributed by atoms with Crippen LogP contribution in [0.1, 0.15) is 4.88 Å². The second kappa shape index (κ2) is 7.55.